The maximum Gasteiger partial charge on any atom is 0.441 e. The number of benzene rings is 1. The van der Waals surface area contributed by atoms with Crippen LogP contribution in [0.15, 0.2) is 24.3 Å². The average molecular weight is 524 g/mol. The van der Waals surface area contributed by atoms with Crippen molar-refractivity contribution < 1.29 is 32.2 Å². The lowest BCUT2D eigenvalue weighted by Crippen LogP contribution is -2.69. The smallest absolute Gasteiger partial charge is 0.441 e. The number of esters is 1. The third-order valence-electron chi connectivity index (χ3n) is 6.47. The van der Waals surface area contributed by atoms with E-state index in [4.69, 9.17) is 4.74 Å². The van der Waals surface area contributed by atoms with Gasteiger partial charge in [-0.15, -0.1) is 11.3 Å². The summed E-state index contributed by atoms with van der Waals surface area (Å²) in [5.41, 5.74) is -3.18. The first-order valence-electron chi connectivity index (χ1n) is 11.2. The molecule has 11 heteroatoms. The standard InChI is InChI=1S/C25H28F3N3O4S/c1-23(2,3)14-10-11-15-17(13-29)21(36-19(15)12-14)31-24(22(33)35-5,25(26,27)28)30-20(32)16-8-6-7-9-18(16)34-4/h6-9,14,31H,10-12H2,1-5H3,(H,30,32)/t14-,24-/m0/s1. The summed E-state index contributed by atoms with van der Waals surface area (Å²) in [5, 5.41) is 13.6. The molecule has 0 fully saturated rings. The molecule has 3 rings (SSSR count). The van der Waals surface area contributed by atoms with Gasteiger partial charge in [-0.2, -0.15) is 18.4 Å². The fraction of sp³-hybridized carbons (Fsp3) is 0.480. The number of amides is 1. The van der Waals surface area contributed by atoms with E-state index in [1.54, 1.807) is 11.4 Å². The summed E-state index contributed by atoms with van der Waals surface area (Å²) in [6, 6.07) is 7.66. The SMILES string of the molecule is COC(=O)[C@](NC(=O)c1ccccc1OC)(Nc1sc2c(c1C#N)CC[C@H](C(C)(C)C)C2)C(F)(F)F. The highest BCUT2D eigenvalue weighted by Gasteiger charge is 2.64. The van der Waals surface area contributed by atoms with Crippen LogP contribution >= 0.6 is 11.3 Å². The lowest BCUT2D eigenvalue weighted by molar-refractivity contribution is -0.203. The molecule has 1 aliphatic rings. The zero-order valence-corrected chi connectivity index (χ0v) is 21.4. The minimum atomic E-state index is -5.33. The van der Waals surface area contributed by atoms with Crippen LogP contribution in [0, 0.1) is 22.7 Å². The number of hydrogen-bond acceptors (Lipinski definition) is 7. The summed E-state index contributed by atoms with van der Waals surface area (Å²) in [7, 11) is 2.06. The van der Waals surface area contributed by atoms with Gasteiger partial charge in [0.05, 0.1) is 25.3 Å². The van der Waals surface area contributed by atoms with Crippen molar-refractivity contribution in [1.29, 1.82) is 5.26 Å². The number of carbonyl (C=O) groups excluding carboxylic acids is 2. The van der Waals surface area contributed by atoms with Crippen molar-refractivity contribution in [1.82, 2.24) is 5.32 Å². The molecular formula is C25H28F3N3O4S. The summed E-state index contributed by atoms with van der Waals surface area (Å²) in [4.78, 5) is 26.5. The van der Waals surface area contributed by atoms with E-state index in [1.165, 1.54) is 25.3 Å². The molecule has 36 heavy (non-hydrogen) atoms. The highest BCUT2D eigenvalue weighted by molar-refractivity contribution is 7.16. The van der Waals surface area contributed by atoms with Gasteiger partial charge in [0.25, 0.3) is 5.91 Å². The van der Waals surface area contributed by atoms with Crippen molar-refractivity contribution >= 4 is 28.2 Å². The van der Waals surface area contributed by atoms with Crippen molar-refractivity contribution in [2.75, 3.05) is 19.5 Å². The predicted molar refractivity (Wildman–Crippen MR) is 129 cm³/mol. The number of halogens is 3. The number of rotatable bonds is 6. The van der Waals surface area contributed by atoms with E-state index in [0.717, 1.165) is 29.7 Å². The number of ether oxygens (including phenoxy) is 2. The zero-order chi connectivity index (χ0) is 26.9. The van der Waals surface area contributed by atoms with Gasteiger partial charge in [-0.05, 0) is 48.3 Å². The second-order valence-corrected chi connectivity index (χ2v) is 10.7. The predicted octanol–water partition coefficient (Wildman–Crippen LogP) is 5.05. The Labute approximate surface area is 211 Å². The molecule has 0 bridgehead atoms. The van der Waals surface area contributed by atoms with Crippen molar-refractivity contribution in [2.45, 2.75) is 51.9 Å². The molecule has 1 aliphatic carbocycles. The molecule has 1 aromatic heterocycles. The van der Waals surface area contributed by atoms with E-state index in [-0.39, 0.29) is 33.2 Å². The van der Waals surface area contributed by atoms with Gasteiger partial charge < -0.3 is 20.1 Å². The second kappa shape index (κ2) is 10.0. The van der Waals surface area contributed by atoms with Crippen LogP contribution in [0.3, 0.4) is 0 Å². The average Bonchev–Trinajstić information content (AvgIpc) is 3.17. The Balaban J connectivity index is 2.09. The summed E-state index contributed by atoms with van der Waals surface area (Å²) in [6.45, 7) is 6.29. The summed E-state index contributed by atoms with van der Waals surface area (Å²) in [5.74, 6) is -2.69. The van der Waals surface area contributed by atoms with Crippen molar-refractivity contribution in [3.8, 4) is 11.8 Å². The topological polar surface area (TPSA) is 100 Å². The number of hydrogen-bond donors (Lipinski definition) is 2. The fourth-order valence-electron chi connectivity index (χ4n) is 4.32. The molecule has 0 aliphatic heterocycles. The van der Waals surface area contributed by atoms with Crippen LogP contribution in [0.1, 0.15) is 53.6 Å². The van der Waals surface area contributed by atoms with Crippen LogP contribution in [-0.4, -0.2) is 37.9 Å². The lowest BCUT2D eigenvalue weighted by Gasteiger charge is -2.34. The molecule has 1 aromatic carbocycles. The highest BCUT2D eigenvalue weighted by atomic mass is 32.1. The molecule has 0 saturated heterocycles. The Morgan fingerprint density at radius 3 is 2.39 bits per heavy atom. The van der Waals surface area contributed by atoms with Gasteiger partial charge in [0.2, 0.25) is 0 Å². The van der Waals surface area contributed by atoms with Crippen LogP contribution in [0.25, 0.3) is 0 Å². The van der Waals surface area contributed by atoms with E-state index in [1.807, 2.05) is 6.07 Å². The molecule has 0 unspecified atom stereocenters. The number of methoxy groups -OCH3 is 2. The molecule has 2 N–H and O–H groups in total. The Morgan fingerprint density at radius 1 is 1.17 bits per heavy atom. The van der Waals surface area contributed by atoms with Crippen molar-refractivity contribution in [3.63, 3.8) is 0 Å². The lowest BCUT2D eigenvalue weighted by atomic mass is 9.72. The zero-order valence-electron chi connectivity index (χ0n) is 20.6. The number of fused-ring (bicyclic) bond motifs is 1. The number of anilines is 1. The van der Waals surface area contributed by atoms with Crippen molar-refractivity contribution in [2.24, 2.45) is 11.3 Å². The van der Waals surface area contributed by atoms with Gasteiger partial charge in [-0.1, -0.05) is 32.9 Å². The summed E-state index contributed by atoms with van der Waals surface area (Å²) < 4.78 is 53.4. The summed E-state index contributed by atoms with van der Waals surface area (Å²) in [6.07, 6.45) is -3.41. The molecule has 1 heterocycles. The van der Waals surface area contributed by atoms with Crippen LogP contribution in [0.5, 0.6) is 5.75 Å². The molecule has 2 aromatic rings. The Hall–Kier alpha value is -3.26. The van der Waals surface area contributed by atoms with E-state index in [0.29, 0.717) is 18.4 Å². The molecule has 0 spiro atoms. The van der Waals surface area contributed by atoms with E-state index < -0.39 is 23.7 Å². The molecule has 2 atom stereocenters. The van der Waals surface area contributed by atoms with Gasteiger partial charge in [0.1, 0.15) is 16.8 Å². The van der Waals surface area contributed by atoms with Crippen LogP contribution < -0.4 is 15.4 Å². The number of thiophene rings is 1. The van der Waals surface area contributed by atoms with Crippen LogP contribution in [-0.2, 0) is 22.4 Å². The first kappa shape index (κ1) is 27.3. The minimum absolute atomic E-state index is 0.0213. The first-order chi connectivity index (χ1) is 16.8. The maximum atomic E-state index is 14.6. The number of nitrogens with one attached hydrogen (secondary N) is 2. The fourth-order valence-corrected chi connectivity index (χ4v) is 5.65. The first-order valence-corrected chi connectivity index (χ1v) is 12.0. The van der Waals surface area contributed by atoms with E-state index >= 15 is 0 Å². The maximum absolute atomic E-state index is 14.6. The summed E-state index contributed by atoms with van der Waals surface area (Å²) >= 11 is 0.990. The molecule has 7 nitrogen and oxygen atoms in total. The van der Waals surface area contributed by atoms with E-state index in [9.17, 15) is 28.0 Å². The number of nitrogens with zero attached hydrogens (tertiary/aromatic N) is 1. The second-order valence-electron chi connectivity index (χ2n) is 9.64. The quantitative estimate of drug-likeness (QED) is 0.406. The van der Waals surface area contributed by atoms with Gasteiger partial charge >= 0.3 is 17.8 Å². The third kappa shape index (κ3) is 5.00. The number of para-hydroxylation sites is 1. The monoisotopic (exact) mass is 523 g/mol. The van der Waals surface area contributed by atoms with Gasteiger partial charge in [0, 0.05) is 4.88 Å². The minimum Gasteiger partial charge on any atom is -0.496 e. The molecule has 0 saturated carbocycles. The van der Waals surface area contributed by atoms with Crippen LogP contribution in [0.2, 0.25) is 0 Å². The highest BCUT2D eigenvalue weighted by Crippen LogP contribution is 2.45. The molecule has 1 amide bonds. The Morgan fingerprint density at radius 2 is 1.83 bits per heavy atom. The van der Waals surface area contributed by atoms with Gasteiger partial charge in [0.15, 0.2) is 0 Å². The number of nitriles is 1. The van der Waals surface area contributed by atoms with Crippen LogP contribution in [0.4, 0.5) is 18.2 Å². The molecule has 194 valence electrons. The molecular weight excluding hydrogens is 495 g/mol. The molecule has 0 radical (unpaired) electrons. The normalized spacial score (nSPS) is 17.2. The Bertz CT molecular complexity index is 1200. The third-order valence-corrected chi connectivity index (χ3v) is 7.64. The number of alkyl halides is 3. The van der Waals surface area contributed by atoms with Crippen molar-refractivity contribution in [3.05, 3.63) is 45.8 Å². The van der Waals surface area contributed by atoms with E-state index in [2.05, 4.69) is 30.8 Å². The van der Waals surface area contributed by atoms with Gasteiger partial charge in [-0.3, -0.25) is 4.79 Å². The number of carbonyl (C=O) groups is 2. The Kier molecular flexibility index (Phi) is 7.60. The largest absolute Gasteiger partial charge is 0.496 e. The van der Waals surface area contributed by atoms with Gasteiger partial charge in [-0.25, -0.2) is 4.79 Å².